The van der Waals surface area contributed by atoms with E-state index >= 15 is 0 Å². The molecule has 0 unspecified atom stereocenters. The average molecular weight is 449 g/mol. The zero-order valence-corrected chi connectivity index (χ0v) is 20.4. The lowest BCUT2D eigenvalue weighted by molar-refractivity contribution is 0.351. The van der Waals surface area contributed by atoms with Crippen LogP contribution in [0.15, 0.2) is 42.5 Å². The van der Waals surface area contributed by atoms with Crippen LogP contribution in [-0.4, -0.2) is 40.4 Å². The number of ether oxygens (including phenoxy) is 2. The number of hydrogen-bond donors (Lipinski definition) is 2. The molecule has 0 radical (unpaired) electrons. The van der Waals surface area contributed by atoms with Gasteiger partial charge in [0.15, 0.2) is 11.5 Å². The molecule has 0 heterocycles. The molecule has 0 aromatic heterocycles. The zero-order valence-electron chi connectivity index (χ0n) is 19.5. The minimum atomic E-state index is 0. The van der Waals surface area contributed by atoms with Crippen molar-refractivity contribution in [3.63, 3.8) is 0 Å². The number of hydrogen-bond acceptors (Lipinski definition) is 4. The molecule has 0 fully saturated rings. The Bertz CT molecular complexity index is 710. The van der Waals surface area contributed by atoms with Crippen LogP contribution in [0.5, 0.6) is 11.5 Å². The third-order valence-corrected chi connectivity index (χ3v) is 5.56. The summed E-state index contributed by atoms with van der Waals surface area (Å²) in [6.45, 7) is 6.46. The van der Waals surface area contributed by atoms with Crippen molar-refractivity contribution in [2.45, 2.75) is 51.9 Å². The molecule has 0 bridgehead atoms. The highest BCUT2D eigenvalue weighted by molar-refractivity contribution is 5.85. The highest BCUT2D eigenvalue weighted by Crippen LogP contribution is 2.33. The van der Waals surface area contributed by atoms with E-state index in [0.29, 0.717) is 0 Å². The van der Waals surface area contributed by atoms with Crippen LogP contribution in [0.4, 0.5) is 0 Å². The summed E-state index contributed by atoms with van der Waals surface area (Å²) in [5.41, 5.74) is 4.03. The van der Waals surface area contributed by atoms with Crippen LogP contribution in [0, 0.1) is 0 Å². The first kappa shape index (κ1) is 27.3. The Balaban J connectivity index is 0.00000480. The molecule has 0 spiro atoms. The molecule has 0 atom stereocenters. The normalized spacial score (nSPS) is 10.5. The lowest BCUT2D eigenvalue weighted by Gasteiger charge is -2.16. The first-order valence-corrected chi connectivity index (χ1v) is 11.5. The average Bonchev–Trinajstić information content (AvgIpc) is 2.79. The van der Waals surface area contributed by atoms with Crippen LogP contribution in [0.3, 0.4) is 0 Å². The molecule has 2 aromatic rings. The van der Waals surface area contributed by atoms with E-state index in [1.54, 1.807) is 14.2 Å². The molecule has 0 amide bonds. The first-order chi connectivity index (χ1) is 14.8. The van der Waals surface area contributed by atoms with E-state index in [-0.39, 0.29) is 12.4 Å². The number of unbranched alkanes of at least 4 members (excludes halogenated alkanes) is 3. The van der Waals surface area contributed by atoms with Gasteiger partial charge in [-0.25, -0.2) is 0 Å². The maximum atomic E-state index is 5.58. The fourth-order valence-electron chi connectivity index (χ4n) is 3.86. The second-order valence-electron chi connectivity index (χ2n) is 7.69. The standard InChI is InChI=1S/C26H40N2O2.ClH/c1-4-24-23(14-15-25(29-2)26(24)30-3)17-21-28-19-11-6-5-10-18-27-20-16-22-12-8-7-9-13-22;/h7-9,12-15,27-28H,4-6,10-11,16-21H2,1-3H3;1H. The van der Waals surface area contributed by atoms with Gasteiger partial charge in [-0.05, 0) is 75.5 Å². The smallest absolute Gasteiger partial charge is 0.164 e. The van der Waals surface area contributed by atoms with Gasteiger partial charge in [0.2, 0.25) is 0 Å². The van der Waals surface area contributed by atoms with E-state index in [4.69, 9.17) is 9.47 Å². The molecular weight excluding hydrogens is 408 g/mol. The number of halogens is 1. The molecule has 2 N–H and O–H groups in total. The van der Waals surface area contributed by atoms with Crippen molar-refractivity contribution in [1.29, 1.82) is 0 Å². The fourth-order valence-corrected chi connectivity index (χ4v) is 3.86. The SMILES string of the molecule is CCc1c(CCNCCCCCCNCCc2ccccc2)ccc(OC)c1OC.Cl. The van der Waals surface area contributed by atoms with E-state index in [2.05, 4.69) is 54.0 Å². The Morgan fingerprint density at radius 2 is 1.35 bits per heavy atom. The molecule has 2 rings (SSSR count). The van der Waals surface area contributed by atoms with Gasteiger partial charge >= 0.3 is 0 Å². The summed E-state index contributed by atoms with van der Waals surface area (Å²) in [5.74, 6) is 1.70. The molecule has 4 nitrogen and oxygen atoms in total. The minimum absolute atomic E-state index is 0. The Morgan fingerprint density at radius 3 is 1.94 bits per heavy atom. The van der Waals surface area contributed by atoms with Crippen molar-refractivity contribution in [3.05, 3.63) is 59.2 Å². The van der Waals surface area contributed by atoms with Gasteiger partial charge in [0.25, 0.3) is 0 Å². The summed E-state index contributed by atoms with van der Waals surface area (Å²) < 4.78 is 11.0. The maximum Gasteiger partial charge on any atom is 0.164 e. The van der Waals surface area contributed by atoms with E-state index in [0.717, 1.165) is 56.9 Å². The lowest BCUT2D eigenvalue weighted by Crippen LogP contribution is -2.20. The predicted octanol–water partition coefficient (Wildman–Crippen LogP) is 5.21. The summed E-state index contributed by atoms with van der Waals surface area (Å²) in [7, 11) is 3.41. The monoisotopic (exact) mass is 448 g/mol. The van der Waals surface area contributed by atoms with Gasteiger partial charge in [0, 0.05) is 5.56 Å². The molecule has 174 valence electrons. The molecule has 0 aliphatic heterocycles. The van der Waals surface area contributed by atoms with Crippen LogP contribution < -0.4 is 20.1 Å². The summed E-state index contributed by atoms with van der Waals surface area (Å²) >= 11 is 0. The zero-order chi connectivity index (χ0) is 21.4. The summed E-state index contributed by atoms with van der Waals surface area (Å²) in [6.07, 6.45) is 8.20. The third-order valence-electron chi connectivity index (χ3n) is 5.56. The molecule has 0 aliphatic carbocycles. The number of benzene rings is 2. The molecule has 2 aromatic carbocycles. The molecule has 0 aliphatic rings. The summed E-state index contributed by atoms with van der Waals surface area (Å²) in [4.78, 5) is 0. The van der Waals surface area contributed by atoms with E-state index in [1.807, 2.05) is 6.07 Å². The van der Waals surface area contributed by atoms with E-state index < -0.39 is 0 Å². The van der Waals surface area contributed by atoms with Gasteiger partial charge in [0.05, 0.1) is 14.2 Å². The summed E-state index contributed by atoms with van der Waals surface area (Å²) in [6, 6.07) is 14.9. The number of rotatable bonds is 16. The van der Waals surface area contributed by atoms with Crippen molar-refractivity contribution in [2.24, 2.45) is 0 Å². The van der Waals surface area contributed by atoms with E-state index in [1.165, 1.54) is 42.4 Å². The van der Waals surface area contributed by atoms with Crippen molar-refractivity contribution in [1.82, 2.24) is 10.6 Å². The van der Waals surface area contributed by atoms with Crippen molar-refractivity contribution >= 4 is 12.4 Å². The van der Waals surface area contributed by atoms with Gasteiger partial charge in [-0.1, -0.05) is 56.2 Å². The van der Waals surface area contributed by atoms with Crippen LogP contribution in [0.2, 0.25) is 0 Å². The van der Waals surface area contributed by atoms with Gasteiger partial charge in [-0.3, -0.25) is 0 Å². The van der Waals surface area contributed by atoms with Crippen molar-refractivity contribution < 1.29 is 9.47 Å². The Labute approximate surface area is 195 Å². The Morgan fingerprint density at radius 1 is 0.710 bits per heavy atom. The third kappa shape index (κ3) is 9.94. The maximum absolute atomic E-state index is 5.58. The second kappa shape index (κ2) is 16.9. The fraction of sp³-hybridized carbons (Fsp3) is 0.538. The molecule has 31 heavy (non-hydrogen) atoms. The summed E-state index contributed by atoms with van der Waals surface area (Å²) in [5, 5.41) is 7.15. The van der Waals surface area contributed by atoms with Gasteiger partial charge in [-0.2, -0.15) is 0 Å². The quantitative estimate of drug-likeness (QED) is 0.346. The topological polar surface area (TPSA) is 42.5 Å². The lowest BCUT2D eigenvalue weighted by atomic mass is 10.0. The van der Waals surface area contributed by atoms with Crippen LogP contribution in [0.25, 0.3) is 0 Å². The molecule has 0 saturated carbocycles. The molecule has 0 saturated heterocycles. The highest BCUT2D eigenvalue weighted by Gasteiger charge is 2.12. The van der Waals surface area contributed by atoms with Gasteiger partial charge in [0.1, 0.15) is 0 Å². The molecule has 5 heteroatoms. The van der Waals surface area contributed by atoms with Crippen molar-refractivity contribution in [3.8, 4) is 11.5 Å². The van der Waals surface area contributed by atoms with Gasteiger partial charge in [-0.15, -0.1) is 12.4 Å². The number of methoxy groups -OCH3 is 2. The largest absolute Gasteiger partial charge is 0.493 e. The second-order valence-corrected chi connectivity index (χ2v) is 7.69. The van der Waals surface area contributed by atoms with E-state index in [9.17, 15) is 0 Å². The predicted molar refractivity (Wildman–Crippen MR) is 134 cm³/mol. The van der Waals surface area contributed by atoms with Crippen LogP contribution in [0.1, 0.15) is 49.3 Å². The van der Waals surface area contributed by atoms with Crippen LogP contribution in [-0.2, 0) is 19.3 Å². The van der Waals surface area contributed by atoms with Crippen molar-refractivity contribution in [2.75, 3.05) is 40.4 Å². The molecular formula is C26H41ClN2O2. The first-order valence-electron chi connectivity index (χ1n) is 11.5. The highest BCUT2D eigenvalue weighted by atomic mass is 35.5. The number of nitrogens with one attached hydrogen (secondary N) is 2. The Kier molecular flexibility index (Phi) is 14.9. The van der Waals surface area contributed by atoms with Crippen LogP contribution >= 0.6 is 12.4 Å². The van der Waals surface area contributed by atoms with Gasteiger partial charge < -0.3 is 20.1 Å². The minimum Gasteiger partial charge on any atom is -0.493 e. The Hall–Kier alpha value is -1.75.